The third kappa shape index (κ3) is 4.38. The van der Waals surface area contributed by atoms with Crippen molar-refractivity contribution >= 4 is 16.6 Å². The van der Waals surface area contributed by atoms with Gasteiger partial charge in [-0.15, -0.1) is 0 Å². The number of unbranched alkanes of at least 4 members (excludes halogenated alkanes) is 4. The Bertz CT molecular complexity index is 638. The van der Waals surface area contributed by atoms with Crippen LogP contribution < -0.4 is 10.5 Å². The Morgan fingerprint density at radius 2 is 1.77 bits per heavy atom. The molecule has 0 heterocycles. The van der Waals surface area contributed by atoms with Crippen LogP contribution in [0.1, 0.15) is 44.6 Å². The van der Waals surface area contributed by atoms with Gasteiger partial charge in [0.15, 0.2) is 5.84 Å². The van der Waals surface area contributed by atoms with E-state index in [0.29, 0.717) is 5.56 Å². The SMILES string of the molecule is CCCCCCCOc1ccc2cc(/C(N)=N/O)ccc2c1. The molecule has 0 saturated heterocycles. The topological polar surface area (TPSA) is 67.8 Å². The Morgan fingerprint density at radius 3 is 2.55 bits per heavy atom. The number of oxime groups is 1. The Kier molecular flexibility index (Phi) is 6.07. The third-order valence-electron chi connectivity index (χ3n) is 3.73. The predicted octanol–water partition coefficient (Wildman–Crippen LogP) is 4.28. The maximum Gasteiger partial charge on any atom is 0.170 e. The van der Waals surface area contributed by atoms with Crippen LogP contribution in [0.15, 0.2) is 41.6 Å². The molecule has 0 amide bonds. The van der Waals surface area contributed by atoms with Crippen molar-refractivity contribution in [2.45, 2.75) is 39.0 Å². The zero-order chi connectivity index (χ0) is 15.8. The molecule has 0 aromatic heterocycles. The summed E-state index contributed by atoms with van der Waals surface area (Å²) in [4.78, 5) is 0. The highest BCUT2D eigenvalue weighted by Crippen LogP contribution is 2.22. The number of ether oxygens (including phenoxy) is 1. The number of nitrogens with zero attached hydrogens (tertiary/aromatic N) is 1. The molecule has 4 heteroatoms. The average molecular weight is 300 g/mol. The largest absolute Gasteiger partial charge is 0.494 e. The molecule has 2 rings (SSSR count). The first-order valence-electron chi connectivity index (χ1n) is 7.89. The van der Waals surface area contributed by atoms with Gasteiger partial charge in [-0.1, -0.05) is 56.0 Å². The quantitative estimate of drug-likeness (QED) is 0.251. The van der Waals surface area contributed by atoms with Crippen LogP contribution in [0.2, 0.25) is 0 Å². The second-order valence-electron chi connectivity index (χ2n) is 5.47. The maximum atomic E-state index is 8.72. The molecule has 0 spiro atoms. The number of hydrogen-bond donors (Lipinski definition) is 2. The molecule has 0 bridgehead atoms. The minimum atomic E-state index is 0.120. The van der Waals surface area contributed by atoms with E-state index < -0.39 is 0 Å². The van der Waals surface area contributed by atoms with Crippen molar-refractivity contribution in [1.82, 2.24) is 0 Å². The van der Waals surface area contributed by atoms with Gasteiger partial charge in [-0.25, -0.2) is 0 Å². The van der Waals surface area contributed by atoms with Crippen LogP contribution in [0.25, 0.3) is 10.8 Å². The van der Waals surface area contributed by atoms with E-state index in [2.05, 4.69) is 12.1 Å². The lowest BCUT2D eigenvalue weighted by atomic mass is 10.1. The van der Waals surface area contributed by atoms with Gasteiger partial charge in [0.05, 0.1) is 6.61 Å². The minimum absolute atomic E-state index is 0.120. The lowest BCUT2D eigenvalue weighted by molar-refractivity contribution is 0.305. The van der Waals surface area contributed by atoms with Crippen LogP contribution in [0.4, 0.5) is 0 Å². The van der Waals surface area contributed by atoms with Gasteiger partial charge in [0.1, 0.15) is 5.75 Å². The van der Waals surface area contributed by atoms with Crippen LogP contribution in [0.3, 0.4) is 0 Å². The van der Waals surface area contributed by atoms with Crippen molar-refractivity contribution in [1.29, 1.82) is 0 Å². The highest BCUT2D eigenvalue weighted by molar-refractivity contribution is 6.00. The first-order valence-corrected chi connectivity index (χ1v) is 7.89. The molecule has 0 aliphatic heterocycles. The summed E-state index contributed by atoms with van der Waals surface area (Å²) in [7, 11) is 0. The Hall–Kier alpha value is -2.23. The van der Waals surface area contributed by atoms with E-state index in [-0.39, 0.29) is 5.84 Å². The molecular formula is C18H24N2O2. The fourth-order valence-electron chi connectivity index (χ4n) is 2.43. The molecule has 0 fully saturated rings. The monoisotopic (exact) mass is 300 g/mol. The lowest BCUT2D eigenvalue weighted by Crippen LogP contribution is -2.12. The predicted molar refractivity (Wildman–Crippen MR) is 90.7 cm³/mol. The van der Waals surface area contributed by atoms with E-state index in [9.17, 15) is 0 Å². The summed E-state index contributed by atoms with van der Waals surface area (Å²) in [6.07, 6.45) is 6.18. The highest BCUT2D eigenvalue weighted by atomic mass is 16.5. The van der Waals surface area contributed by atoms with E-state index in [4.69, 9.17) is 15.7 Å². The van der Waals surface area contributed by atoms with E-state index in [0.717, 1.165) is 29.5 Å². The van der Waals surface area contributed by atoms with Crippen molar-refractivity contribution in [2.75, 3.05) is 6.61 Å². The number of benzene rings is 2. The molecule has 2 aromatic carbocycles. The molecule has 2 aromatic rings. The number of amidine groups is 1. The van der Waals surface area contributed by atoms with Crippen LogP contribution >= 0.6 is 0 Å². The summed E-state index contributed by atoms with van der Waals surface area (Å²) in [5, 5.41) is 13.9. The normalized spacial score (nSPS) is 11.8. The van der Waals surface area contributed by atoms with Gasteiger partial charge in [-0.3, -0.25) is 0 Å². The van der Waals surface area contributed by atoms with Gasteiger partial charge in [0.25, 0.3) is 0 Å². The molecule has 0 aliphatic carbocycles. The van der Waals surface area contributed by atoms with E-state index in [1.165, 1.54) is 25.7 Å². The van der Waals surface area contributed by atoms with Crippen molar-refractivity contribution in [2.24, 2.45) is 10.9 Å². The second-order valence-corrected chi connectivity index (χ2v) is 5.47. The van der Waals surface area contributed by atoms with Crippen molar-refractivity contribution < 1.29 is 9.94 Å². The van der Waals surface area contributed by atoms with Crippen LogP contribution in [0, 0.1) is 0 Å². The summed E-state index contributed by atoms with van der Waals surface area (Å²) < 4.78 is 5.80. The van der Waals surface area contributed by atoms with Gasteiger partial charge in [0.2, 0.25) is 0 Å². The van der Waals surface area contributed by atoms with Crippen LogP contribution in [0.5, 0.6) is 5.75 Å². The van der Waals surface area contributed by atoms with E-state index >= 15 is 0 Å². The Labute approximate surface area is 131 Å². The average Bonchev–Trinajstić information content (AvgIpc) is 2.56. The van der Waals surface area contributed by atoms with Gasteiger partial charge >= 0.3 is 0 Å². The number of nitrogens with two attached hydrogens (primary N) is 1. The standard InChI is InChI=1S/C18H24N2O2/c1-2-3-4-5-6-11-22-17-10-9-14-12-16(18(19)20-21)8-7-15(14)13-17/h7-10,12-13,21H,2-6,11H2,1H3,(H2,19,20). The summed E-state index contributed by atoms with van der Waals surface area (Å²) in [5.74, 6) is 1.01. The van der Waals surface area contributed by atoms with Crippen molar-refractivity contribution in [3.05, 3.63) is 42.0 Å². The van der Waals surface area contributed by atoms with Gasteiger partial charge in [-0.05, 0) is 35.4 Å². The molecule has 0 atom stereocenters. The van der Waals surface area contributed by atoms with Crippen molar-refractivity contribution in [3.63, 3.8) is 0 Å². The first kappa shape index (κ1) is 16.1. The summed E-state index contributed by atoms with van der Waals surface area (Å²) in [6, 6.07) is 11.7. The molecule has 22 heavy (non-hydrogen) atoms. The maximum absolute atomic E-state index is 8.72. The number of fused-ring (bicyclic) bond motifs is 1. The fourth-order valence-corrected chi connectivity index (χ4v) is 2.43. The van der Waals surface area contributed by atoms with E-state index in [1.807, 2.05) is 36.4 Å². The molecule has 118 valence electrons. The zero-order valence-electron chi connectivity index (χ0n) is 13.1. The van der Waals surface area contributed by atoms with Crippen molar-refractivity contribution in [3.8, 4) is 5.75 Å². The molecule has 0 unspecified atom stereocenters. The zero-order valence-corrected chi connectivity index (χ0v) is 13.1. The smallest absolute Gasteiger partial charge is 0.170 e. The summed E-state index contributed by atoms with van der Waals surface area (Å²) >= 11 is 0. The molecule has 4 nitrogen and oxygen atoms in total. The molecule has 0 aliphatic rings. The number of rotatable bonds is 8. The Morgan fingerprint density at radius 1 is 1.05 bits per heavy atom. The second kappa shape index (κ2) is 8.27. The van der Waals surface area contributed by atoms with Gasteiger partial charge in [-0.2, -0.15) is 0 Å². The molecule has 0 saturated carbocycles. The first-order chi connectivity index (χ1) is 10.7. The molecule has 3 N–H and O–H groups in total. The lowest BCUT2D eigenvalue weighted by Gasteiger charge is -2.08. The van der Waals surface area contributed by atoms with Crippen LogP contribution in [-0.2, 0) is 0 Å². The summed E-state index contributed by atoms with van der Waals surface area (Å²) in [6.45, 7) is 2.98. The molecule has 0 radical (unpaired) electrons. The number of hydrogen-bond acceptors (Lipinski definition) is 3. The third-order valence-corrected chi connectivity index (χ3v) is 3.73. The van der Waals surface area contributed by atoms with E-state index in [1.54, 1.807) is 0 Å². The molecular weight excluding hydrogens is 276 g/mol. The fraction of sp³-hybridized carbons (Fsp3) is 0.389. The Balaban J connectivity index is 1.96. The summed E-state index contributed by atoms with van der Waals surface area (Å²) in [5.41, 5.74) is 6.31. The minimum Gasteiger partial charge on any atom is -0.494 e. The van der Waals surface area contributed by atoms with Gasteiger partial charge < -0.3 is 15.7 Å². The van der Waals surface area contributed by atoms with Crippen LogP contribution in [-0.4, -0.2) is 17.6 Å². The highest BCUT2D eigenvalue weighted by Gasteiger charge is 2.02. The van der Waals surface area contributed by atoms with Gasteiger partial charge in [0, 0.05) is 5.56 Å².